The molecule has 1 saturated heterocycles. The first-order chi connectivity index (χ1) is 12.6. The average Bonchev–Trinajstić information content (AvgIpc) is 2.94. The lowest BCUT2D eigenvalue weighted by Gasteiger charge is -2.14. The third kappa shape index (κ3) is 4.26. The first-order valence-corrected chi connectivity index (χ1v) is 9.35. The number of thiocarbonyl (C=S) groups is 1. The van der Waals surface area contributed by atoms with Crippen molar-refractivity contribution in [2.75, 3.05) is 20.8 Å². The van der Waals surface area contributed by atoms with Gasteiger partial charge in [0, 0.05) is 6.54 Å². The second kappa shape index (κ2) is 8.38. The number of nitrogens with zero attached hydrogens (tertiary/aromatic N) is 1. The van der Waals surface area contributed by atoms with Crippen molar-refractivity contribution in [1.29, 1.82) is 0 Å². The van der Waals surface area contributed by atoms with Gasteiger partial charge in [-0.25, -0.2) is 0 Å². The molecule has 0 N–H and O–H groups in total. The zero-order valence-corrected chi connectivity index (χ0v) is 16.2. The standard InChI is InChI=1S/C20H19NO3S2/c1-23-16-7-3-14(4-8-16)11-12-21-19(22)18(26-20(21)25)13-15-5-9-17(24-2)10-6-15/h3-10,13H,11-12H2,1-2H3/b18-13-. The maximum Gasteiger partial charge on any atom is 0.266 e. The first-order valence-electron chi connectivity index (χ1n) is 8.13. The molecule has 2 aromatic rings. The number of ether oxygens (including phenoxy) is 2. The Morgan fingerprint density at radius 2 is 1.58 bits per heavy atom. The van der Waals surface area contributed by atoms with E-state index >= 15 is 0 Å². The van der Waals surface area contributed by atoms with Crippen molar-refractivity contribution in [3.05, 3.63) is 64.6 Å². The summed E-state index contributed by atoms with van der Waals surface area (Å²) in [5.74, 6) is 1.57. The van der Waals surface area contributed by atoms with E-state index in [2.05, 4.69) is 0 Å². The quantitative estimate of drug-likeness (QED) is 0.552. The first kappa shape index (κ1) is 18.5. The number of hydrogen-bond acceptors (Lipinski definition) is 5. The fraction of sp³-hybridized carbons (Fsp3) is 0.200. The van der Waals surface area contributed by atoms with Crippen LogP contribution in [0.15, 0.2) is 53.4 Å². The summed E-state index contributed by atoms with van der Waals surface area (Å²) >= 11 is 6.74. The molecule has 26 heavy (non-hydrogen) atoms. The highest BCUT2D eigenvalue weighted by Gasteiger charge is 2.31. The van der Waals surface area contributed by atoms with Crippen LogP contribution in [0.4, 0.5) is 0 Å². The summed E-state index contributed by atoms with van der Waals surface area (Å²) < 4.78 is 10.9. The van der Waals surface area contributed by atoms with E-state index in [1.807, 2.05) is 54.6 Å². The molecule has 0 aromatic heterocycles. The summed E-state index contributed by atoms with van der Waals surface area (Å²) in [4.78, 5) is 15.0. The van der Waals surface area contributed by atoms with Gasteiger partial charge in [-0.2, -0.15) is 0 Å². The van der Waals surface area contributed by atoms with E-state index in [4.69, 9.17) is 21.7 Å². The van der Waals surface area contributed by atoms with E-state index in [9.17, 15) is 4.79 Å². The van der Waals surface area contributed by atoms with Gasteiger partial charge in [0.1, 0.15) is 15.8 Å². The molecule has 1 aliphatic heterocycles. The summed E-state index contributed by atoms with van der Waals surface area (Å²) in [5.41, 5.74) is 2.08. The van der Waals surface area contributed by atoms with Crippen LogP contribution >= 0.6 is 24.0 Å². The Morgan fingerprint density at radius 1 is 1.00 bits per heavy atom. The lowest BCUT2D eigenvalue weighted by molar-refractivity contribution is -0.122. The number of benzene rings is 2. The Labute approximate surface area is 162 Å². The van der Waals surface area contributed by atoms with Gasteiger partial charge in [-0.1, -0.05) is 48.2 Å². The minimum atomic E-state index is -0.0377. The van der Waals surface area contributed by atoms with Crippen molar-refractivity contribution < 1.29 is 14.3 Å². The Bertz CT molecular complexity index is 829. The summed E-state index contributed by atoms with van der Waals surface area (Å²) in [7, 11) is 3.27. The number of carbonyl (C=O) groups is 1. The van der Waals surface area contributed by atoms with Crippen LogP contribution in [0.2, 0.25) is 0 Å². The van der Waals surface area contributed by atoms with Crippen LogP contribution in [-0.4, -0.2) is 35.9 Å². The molecule has 0 atom stereocenters. The normalized spacial score (nSPS) is 15.6. The SMILES string of the molecule is COc1ccc(/C=C2\SC(=S)N(CCc3ccc(OC)cc3)C2=O)cc1. The van der Waals surface area contributed by atoms with E-state index in [-0.39, 0.29) is 5.91 Å². The highest BCUT2D eigenvalue weighted by molar-refractivity contribution is 8.26. The van der Waals surface area contributed by atoms with Gasteiger partial charge in [0.2, 0.25) is 0 Å². The van der Waals surface area contributed by atoms with E-state index in [1.54, 1.807) is 19.1 Å². The van der Waals surface area contributed by atoms with Crippen LogP contribution in [0.25, 0.3) is 6.08 Å². The fourth-order valence-electron chi connectivity index (χ4n) is 2.58. The van der Waals surface area contributed by atoms with Crippen LogP contribution in [0, 0.1) is 0 Å². The van der Waals surface area contributed by atoms with E-state index in [0.717, 1.165) is 29.0 Å². The maximum absolute atomic E-state index is 12.7. The molecular weight excluding hydrogens is 366 g/mol. The lowest BCUT2D eigenvalue weighted by Crippen LogP contribution is -2.30. The second-order valence-electron chi connectivity index (χ2n) is 5.70. The number of amides is 1. The summed E-state index contributed by atoms with van der Waals surface area (Å²) in [6.07, 6.45) is 2.61. The maximum atomic E-state index is 12.7. The van der Waals surface area contributed by atoms with Crippen molar-refractivity contribution in [3.8, 4) is 11.5 Å². The molecule has 1 heterocycles. The van der Waals surface area contributed by atoms with Crippen LogP contribution < -0.4 is 9.47 Å². The van der Waals surface area contributed by atoms with E-state index in [0.29, 0.717) is 15.8 Å². The molecule has 0 saturated carbocycles. The van der Waals surface area contributed by atoms with E-state index in [1.165, 1.54) is 11.8 Å². The Kier molecular flexibility index (Phi) is 5.96. The monoisotopic (exact) mass is 385 g/mol. The van der Waals surface area contributed by atoms with E-state index < -0.39 is 0 Å². The summed E-state index contributed by atoms with van der Waals surface area (Å²) in [5, 5.41) is 0. The van der Waals surface area contributed by atoms with Gasteiger partial charge in [-0.15, -0.1) is 0 Å². The molecule has 4 nitrogen and oxygen atoms in total. The summed E-state index contributed by atoms with van der Waals surface area (Å²) in [6.45, 7) is 0.566. The molecular formula is C20H19NO3S2. The Morgan fingerprint density at radius 3 is 2.15 bits per heavy atom. The van der Waals surface area contributed by atoms with Gasteiger partial charge in [0.05, 0.1) is 19.1 Å². The van der Waals surface area contributed by atoms with Crippen LogP contribution in [0.5, 0.6) is 11.5 Å². The van der Waals surface area contributed by atoms with Crippen molar-refractivity contribution in [2.24, 2.45) is 0 Å². The number of carbonyl (C=O) groups excluding carboxylic acids is 1. The molecule has 0 unspecified atom stereocenters. The highest BCUT2D eigenvalue weighted by atomic mass is 32.2. The molecule has 6 heteroatoms. The van der Waals surface area contributed by atoms with Gasteiger partial charge in [-0.05, 0) is 47.9 Å². The minimum absolute atomic E-state index is 0.0377. The van der Waals surface area contributed by atoms with Gasteiger partial charge in [-0.3, -0.25) is 9.69 Å². The molecule has 2 aromatic carbocycles. The highest BCUT2D eigenvalue weighted by Crippen LogP contribution is 2.32. The Hall–Kier alpha value is -2.31. The van der Waals surface area contributed by atoms with Crippen molar-refractivity contribution >= 4 is 40.3 Å². The topological polar surface area (TPSA) is 38.8 Å². The molecule has 1 aliphatic rings. The zero-order valence-electron chi connectivity index (χ0n) is 14.6. The van der Waals surface area contributed by atoms with Gasteiger partial charge < -0.3 is 9.47 Å². The Balaban J connectivity index is 1.66. The minimum Gasteiger partial charge on any atom is -0.497 e. The van der Waals surface area contributed by atoms with Gasteiger partial charge in [0.25, 0.3) is 5.91 Å². The fourth-order valence-corrected chi connectivity index (χ4v) is 3.89. The molecule has 0 aliphatic carbocycles. The molecule has 0 bridgehead atoms. The largest absolute Gasteiger partial charge is 0.497 e. The molecule has 3 rings (SSSR count). The van der Waals surface area contributed by atoms with Crippen molar-refractivity contribution in [1.82, 2.24) is 4.90 Å². The lowest BCUT2D eigenvalue weighted by atomic mass is 10.1. The van der Waals surface area contributed by atoms with Gasteiger partial charge in [0.15, 0.2) is 0 Å². The van der Waals surface area contributed by atoms with Crippen LogP contribution in [0.3, 0.4) is 0 Å². The second-order valence-corrected chi connectivity index (χ2v) is 7.38. The molecule has 0 spiro atoms. The smallest absolute Gasteiger partial charge is 0.266 e. The van der Waals surface area contributed by atoms with Gasteiger partial charge >= 0.3 is 0 Å². The number of methoxy groups -OCH3 is 2. The molecule has 1 fully saturated rings. The van der Waals surface area contributed by atoms with Crippen LogP contribution in [0.1, 0.15) is 11.1 Å². The third-order valence-corrected chi connectivity index (χ3v) is 5.45. The number of hydrogen-bond donors (Lipinski definition) is 0. The van der Waals surface area contributed by atoms with Crippen molar-refractivity contribution in [2.45, 2.75) is 6.42 Å². The molecule has 134 valence electrons. The zero-order chi connectivity index (χ0) is 18.5. The number of rotatable bonds is 6. The predicted molar refractivity (Wildman–Crippen MR) is 110 cm³/mol. The molecule has 0 radical (unpaired) electrons. The molecule has 1 amide bonds. The summed E-state index contributed by atoms with van der Waals surface area (Å²) in [6, 6.07) is 15.4. The van der Waals surface area contributed by atoms with Crippen LogP contribution in [-0.2, 0) is 11.2 Å². The number of thioether (sulfide) groups is 1. The van der Waals surface area contributed by atoms with Crippen molar-refractivity contribution in [3.63, 3.8) is 0 Å². The predicted octanol–water partition coefficient (Wildman–Crippen LogP) is 4.15. The third-order valence-electron chi connectivity index (χ3n) is 4.07. The average molecular weight is 386 g/mol.